The van der Waals surface area contributed by atoms with Gasteiger partial charge >= 0.3 is 0 Å². The van der Waals surface area contributed by atoms with Crippen LogP contribution in [0.3, 0.4) is 0 Å². The molecule has 0 N–H and O–H groups in total. The van der Waals surface area contributed by atoms with Gasteiger partial charge in [-0.15, -0.1) is 0 Å². The number of benzene rings is 5. The van der Waals surface area contributed by atoms with Crippen LogP contribution in [0.5, 0.6) is 0 Å². The Balaban J connectivity index is 1.22. The maximum absolute atomic E-state index is 9.03. The first-order chi connectivity index (χ1) is 18.3. The van der Waals surface area contributed by atoms with Gasteiger partial charge in [-0.25, -0.2) is 0 Å². The molecule has 0 bridgehead atoms. The molecule has 0 aliphatic heterocycles. The number of nitriles is 1. The summed E-state index contributed by atoms with van der Waals surface area (Å²) >= 11 is 0. The molecule has 1 aliphatic carbocycles. The van der Waals surface area contributed by atoms with Crippen molar-refractivity contribution in [3.63, 3.8) is 0 Å². The molecule has 1 heterocycles. The summed E-state index contributed by atoms with van der Waals surface area (Å²) in [5.74, 6) is 1.00. The Labute approximate surface area is 215 Å². The second-order valence-electron chi connectivity index (χ2n) is 9.61. The average Bonchev–Trinajstić information content (AvgIpc) is 3.36. The third-order valence-electron chi connectivity index (χ3n) is 7.40. The highest BCUT2D eigenvalue weighted by Crippen LogP contribution is 2.38. The number of aryl methyl sites for hydroxylation is 1. The van der Waals surface area contributed by atoms with E-state index in [1.54, 1.807) is 0 Å². The summed E-state index contributed by atoms with van der Waals surface area (Å²) < 4.78 is 6.32. The van der Waals surface area contributed by atoms with Gasteiger partial charge in [-0.05, 0) is 81.8 Å². The topological polar surface area (TPSA) is 36.9 Å². The monoisotopic (exact) mass is 473 g/mol. The first-order valence-corrected chi connectivity index (χ1v) is 12.6. The molecule has 0 amide bonds. The smallest absolute Gasteiger partial charge is 0.142 e. The molecule has 2 heteroatoms. The van der Waals surface area contributed by atoms with Crippen LogP contribution in [0.25, 0.3) is 61.2 Å². The SMILES string of the molecule is N#Cc1ccc(-c2ccc(-c3ccc4cc(-c5cccc6c7c(oc56)C=CCC7)ccc4c3)cc2)cc1. The zero-order chi connectivity index (χ0) is 24.8. The lowest BCUT2D eigenvalue weighted by Gasteiger charge is -2.09. The van der Waals surface area contributed by atoms with E-state index >= 15 is 0 Å². The van der Waals surface area contributed by atoms with E-state index in [1.807, 2.05) is 24.3 Å². The Bertz CT molecular complexity index is 1860. The van der Waals surface area contributed by atoms with Crippen LogP contribution in [0.1, 0.15) is 23.3 Å². The van der Waals surface area contributed by atoms with Crippen LogP contribution < -0.4 is 0 Å². The van der Waals surface area contributed by atoms with Crippen LogP contribution in [0.2, 0.25) is 0 Å². The van der Waals surface area contributed by atoms with Crippen molar-refractivity contribution in [3.05, 3.63) is 126 Å². The van der Waals surface area contributed by atoms with Crippen molar-refractivity contribution < 1.29 is 4.42 Å². The van der Waals surface area contributed by atoms with E-state index in [0.29, 0.717) is 5.56 Å². The maximum Gasteiger partial charge on any atom is 0.142 e. The molecule has 0 fully saturated rings. The lowest BCUT2D eigenvalue weighted by Crippen LogP contribution is -1.89. The van der Waals surface area contributed by atoms with Crippen molar-refractivity contribution in [2.24, 2.45) is 0 Å². The van der Waals surface area contributed by atoms with Crippen molar-refractivity contribution in [1.82, 2.24) is 0 Å². The number of hydrogen-bond donors (Lipinski definition) is 0. The fourth-order valence-electron chi connectivity index (χ4n) is 5.41. The first-order valence-electron chi connectivity index (χ1n) is 12.6. The molecule has 0 spiro atoms. The van der Waals surface area contributed by atoms with E-state index in [-0.39, 0.29) is 0 Å². The Morgan fingerprint density at radius 2 is 1.27 bits per heavy atom. The van der Waals surface area contributed by atoms with Crippen molar-refractivity contribution >= 4 is 27.8 Å². The summed E-state index contributed by atoms with van der Waals surface area (Å²) in [6.07, 6.45) is 6.42. The minimum Gasteiger partial charge on any atom is -0.456 e. The Morgan fingerprint density at radius 1 is 0.649 bits per heavy atom. The molecule has 174 valence electrons. The molecule has 0 saturated heterocycles. The van der Waals surface area contributed by atoms with E-state index in [0.717, 1.165) is 40.9 Å². The second-order valence-corrected chi connectivity index (χ2v) is 9.61. The highest BCUT2D eigenvalue weighted by molar-refractivity contribution is 5.99. The second kappa shape index (κ2) is 8.66. The fourth-order valence-corrected chi connectivity index (χ4v) is 5.41. The van der Waals surface area contributed by atoms with E-state index in [9.17, 15) is 0 Å². The standard InChI is InChI=1S/C35H23NO/c36-22-23-8-10-24(11-9-23)25-12-14-26(15-13-25)27-16-17-29-21-30(19-18-28(29)20-27)31-5-3-6-33-32-4-1-2-7-34(32)37-35(31)33/h2-3,5-21H,1,4H2. The van der Waals surface area contributed by atoms with Gasteiger partial charge in [0.2, 0.25) is 0 Å². The van der Waals surface area contributed by atoms with Gasteiger partial charge in [0.05, 0.1) is 11.6 Å². The van der Waals surface area contributed by atoms with Gasteiger partial charge in [0.15, 0.2) is 0 Å². The number of hydrogen-bond acceptors (Lipinski definition) is 2. The molecule has 7 rings (SSSR count). The largest absolute Gasteiger partial charge is 0.456 e. The molecule has 0 atom stereocenters. The number of para-hydroxylation sites is 1. The molecule has 1 aliphatic rings. The van der Waals surface area contributed by atoms with Crippen molar-refractivity contribution in [2.45, 2.75) is 12.8 Å². The van der Waals surface area contributed by atoms with Crippen molar-refractivity contribution in [2.75, 3.05) is 0 Å². The van der Waals surface area contributed by atoms with E-state index in [4.69, 9.17) is 9.68 Å². The van der Waals surface area contributed by atoms with Gasteiger partial charge in [-0.3, -0.25) is 0 Å². The summed E-state index contributed by atoms with van der Waals surface area (Å²) in [5.41, 5.74) is 9.94. The zero-order valence-corrected chi connectivity index (χ0v) is 20.2. The van der Waals surface area contributed by atoms with E-state index in [1.165, 1.54) is 38.4 Å². The number of fused-ring (bicyclic) bond motifs is 4. The molecule has 5 aromatic carbocycles. The van der Waals surface area contributed by atoms with E-state index in [2.05, 4.69) is 97.1 Å². The zero-order valence-electron chi connectivity index (χ0n) is 20.2. The minimum atomic E-state index is 0.678. The minimum absolute atomic E-state index is 0.678. The molecule has 37 heavy (non-hydrogen) atoms. The summed E-state index contributed by atoms with van der Waals surface area (Å²) in [6, 6.07) is 38.3. The average molecular weight is 474 g/mol. The van der Waals surface area contributed by atoms with Gasteiger partial charge in [0.1, 0.15) is 11.3 Å². The molecule has 0 radical (unpaired) electrons. The third-order valence-corrected chi connectivity index (χ3v) is 7.40. The number of rotatable bonds is 3. The normalized spacial score (nSPS) is 12.5. The van der Waals surface area contributed by atoms with Crippen molar-refractivity contribution in [3.8, 4) is 39.4 Å². The van der Waals surface area contributed by atoms with Crippen LogP contribution in [-0.4, -0.2) is 0 Å². The van der Waals surface area contributed by atoms with Gasteiger partial charge in [-0.1, -0.05) is 84.9 Å². The quantitative estimate of drug-likeness (QED) is 0.257. The summed E-state index contributed by atoms with van der Waals surface area (Å²) in [4.78, 5) is 0. The predicted molar refractivity (Wildman–Crippen MR) is 152 cm³/mol. The third kappa shape index (κ3) is 3.73. The molecular formula is C35H23NO. The molecule has 1 aromatic heterocycles. The maximum atomic E-state index is 9.03. The lowest BCUT2D eigenvalue weighted by molar-refractivity contribution is 0.596. The fraction of sp³-hybridized carbons (Fsp3) is 0.0571. The molecule has 6 aromatic rings. The Morgan fingerprint density at radius 3 is 2.00 bits per heavy atom. The van der Waals surface area contributed by atoms with E-state index < -0.39 is 0 Å². The van der Waals surface area contributed by atoms with Gasteiger partial charge < -0.3 is 4.42 Å². The van der Waals surface area contributed by atoms with Gasteiger partial charge in [0.25, 0.3) is 0 Å². The number of furan rings is 1. The Hall–Kier alpha value is -4.87. The Kier molecular flexibility index (Phi) is 5.01. The van der Waals surface area contributed by atoms with Crippen LogP contribution in [-0.2, 0) is 6.42 Å². The molecule has 0 unspecified atom stereocenters. The van der Waals surface area contributed by atoms with Crippen LogP contribution in [0.4, 0.5) is 0 Å². The molecular weight excluding hydrogens is 450 g/mol. The molecule has 2 nitrogen and oxygen atoms in total. The first kappa shape index (κ1) is 21.4. The summed E-state index contributed by atoms with van der Waals surface area (Å²) in [5, 5.41) is 12.7. The molecule has 0 saturated carbocycles. The highest BCUT2D eigenvalue weighted by atomic mass is 16.3. The predicted octanol–water partition coefficient (Wildman–Crippen LogP) is 9.42. The van der Waals surface area contributed by atoms with Crippen LogP contribution in [0.15, 0.2) is 114 Å². The van der Waals surface area contributed by atoms with Crippen LogP contribution >= 0.6 is 0 Å². The van der Waals surface area contributed by atoms with Crippen LogP contribution in [0, 0.1) is 11.3 Å². The summed E-state index contributed by atoms with van der Waals surface area (Å²) in [6.45, 7) is 0. The van der Waals surface area contributed by atoms with Gasteiger partial charge in [-0.2, -0.15) is 5.26 Å². The van der Waals surface area contributed by atoms with Crippen molar-refractivity contribution in [1.29, 1.82) is 5.26 Å². The lowest BCUT2D eigenvalue weighted by atomic mass is 9.95. The summed E-state index contributed by atoms with van der Waals surface area (Å²) in [7, 11) is 0. The number of allylic oxidation sites excluding steroid dienone is 1. The number of nitrogens with zero attached hydrogens (tertiary/aromatic N) is 1. The van der Waals surface area contributed by atoms with Gasteiger partial charge in [0, 0.05) is 16.5 Å². The highest BCUT2D eigenvalue weighted by Gasteiger charge is 2.17.